The molecule has 0 aromatic heterocycles. The SMILES string of the molecule is CNCCC1CCN(C(=O)C2CC2c2cccc(Br)c2)CC1.Cl. The summed E-state index contributed by atoms with van der Waals surface area (Å²) < 4.78 is 1.11. The van der Waals surface area contributed by atoms with Crippen molar-refractivity contribution in [2.75, 3.05) is 26.7 Å². The van der Waals surface area contributed by atoms with Gasteiger partial charge in [-0.2, -0.15) is 0 Å². The van der Waals surface area contributed by atoms with E-state index in [1.807, 2.05) is 13.1 Å². The molecule has 23 heavy (non-hydrogen) atoms. The zero-order chi connectivity index (χ0) is 15.5. The van der Waals surface area contributed by atoms with Crippen molar-refractivity contribution in [2.45, 2.75) is 31.6 Å². The van der Waals surface area contributed by atoms with Crippen LogP contribution < -0.4 is 5.32 Å². The van der Waals surface area contributed by atoms with Crippen molar-refractivity contribution in [1.29, 1.82) is 0 Å². The summed E-state index contributed by atoms with van der Waals surface area (Å²) in [5.74, 6) is 1.84. The zero-order valence-electron chi connectivity index (χ0n) is 13.6. The molecule has 1 aliphatic heterocycles. The van der Waals surface area contributed by atoms with Crippen LogP contribution in [0.3, 0.4) is 0 Å². The number of hydrogen-bond acceptors (Lipinski definition) is 2. The maximum absolute atomic E-state index is 12.7. The molecule has 1 heterocycles. The zero-order valence-corrected chi connectivity index (χ0v) is 16.0. The van der Waals surface area contributed by atoms with Gasteiger partial charge in [-0.3, -0.25) is 4.79 Å². The van der Waals surface area contributed by atoms with Crippen molar-refractivity contribution in [3.63, 3.8) is 0 Å². The van der Waals surface area contributed by atoms with Crippen LogP contribution in [0.1, 0.15) is 37.2 Å². The third-order valence-corrected chi connectivity index (χ3v) is 5.61. The molecule has 3 nitrogen and oxygen atoms in total. The van der Waals surface area contributed by atoms with Gasteiger partial charge < -0.3 is 10.2 Å². The maximum atomic E-state index is 12.7. The molecule has 0 spiro atoms. The summed E-state index contributed by atoms with van der Waals surface area (Å²) >= 11 is 3.52. The molecule has 2 unspecified atom stereocenters. The van der Waals surface area contributed by atoms with Crippen LogP contribution in [-0.4, -0.2) is 37.5 Å². The number of amides is 1. The molecule has 128 valence electrons. The van der Waals surface area contributed by atoms with Crippen LogP contribution in [0, 0.1) is 11.8 Å². The van der Waals surface area contributed by atoms with Crippen LogP contribution >= 0.6 is 28.3 Å². The van der Waals surface area contributed by atoms with Crippen molar-refractivity contribution in [1.82, 2.24) is 10.2 Å². The molecule has 2 aliphatic rings. The van der Waals surface area contributed by atoms with Crippen LogP contribution in [0.4, 0.5) is 0 Å². The molecule has 1 aliphatic carbocycles. The average molecular weight is 402 g/mol. The number of piperidine rings is 1. The second kappa shape index (κ2) is 8.50. The normalized spacial score (nSPS) is 24.2. The fraction of sp³-hybridized carbons (Fsp3) is 0.611. The van der Waals surface area contributed by atoms with E-state index < -0.39 is 0 Å². The molecule has 3 rings (SSSR count). The number of likely N-dealkylation sites (tertiary alicyclic amines) is 1. The lowest BCUT2D eigenvalue weighted by atomic mass is 9.93. The molecule has 5 heteroatoms. The molecule has 1 amide bonds. The van der Waals surface area contributed by atoms with E-state index in [0.717, 1.165) is 36.4 Å². The van der Waals surface area contributed by atoms with Gasteiger partial charge in [-0.25, -0.2) is 0 Å². The fourth-order valence-electron chi connectivity index (χ4n) is 3.60. The van der Waals surface area contributed by atoms with E-state index in [0.29, 0.717) is 11.8 Å². The Bertz CT molecular complexity index is 532. The molecule has 1 aromatic carbocycles. The Morgan fingerprint density at radius 3 is 2.74 bits per heavy atom. The Morgan fingerprint density at radius 1 is 1.35 bits per heavy atom. The average Bonchev–Trinajstić information content (AvgIpc) is 3.33. The lowest BCUT2D eigenvalue weighted by molar-refractivity contribution is -0.134. The Balaban J connectivity index is 0.00000192. The smallest absolute Gasteiger partial charge is 0.226 e. The Hall–Kier alpha value is -0.580. The van der Waals surface area contributed by atoms with Crippen molar-refractivity contribution >= 4 is 34.2 Å². The van der Waals surface area contributed by atoms with E-state index in [4.69, 9.17) is 0 Å². The minimum Gasteiger partial charge on any atom is -0.342 e. The topological polar surface area (TPSA) is 32.3 Å². The van der Waals surface area contributed by atoms with Gasteiger partial charge in [0.1, 0.15) is 0 Å². The van der Waals surface area contributed by atoms with Crippen molar-refractivity contribution in [3.8, 4) is 0 Å². The van der Waals surface area contributed by atoms with Crippen LogP contribution in [0.5, 0.6) is 0 Å². The number of rotatable bonds is 5. The summed E-state index contributed by atoms with van der Waals surface area (Å²) in [5.41, 5.74) is 1.30. The van der Waals surface area contributed by atoms with Gasteiger partial charge in [0.05, 0.1) is 0 Å². The summed E-state index contributed by atoms with van der Waals surface area (Å²) in [7, 11) is 2.01. The van der Waals surface area contributed by atoms with Gasteiger partial charge in [0.2, 0.25) is 5.91 Å². The molecule has 1 N–H and O–H groups in total. The van der Waals surface area contributed by atoms with Gasteiger partial charge in [-0.15, -0.1) is 12.4 Å². The largest absolute Gasteiger partial charge is 0.342 e. The molecule has 1 saturated carbocycles. The number of carbonyl (C=O) groups is 1. The highest BCUT2D eigenvalue weighted by atomic mass is 79.9. The number of hydrogen-bond donors (Lipinski definition) is 1. The summed E-state index contributed by atoms with van der Waals surface area (Å²) in [6.45, 7) is 3.00. The third-order valence-electron chi connectivity index (χ3n) is 5.11. The Labute approximate surface area is 153 Å². The second-order valence-electron chi connectivity index (χ2n) is 6.66. The lowest BCUT2D eigenvalue weighted by Crippen LogP contribution is -2.40. The van der Waals surface area contributed by atoms with E-state index in [1.165, 1.54) is 24.8 Å². The summed E-state index contributed by atoms with van der Waals surface area (Å²) in [5, 5.41) is 3.22. The summed E-state index contributed by atoms with van der Waals surface area (Å²) in [4.78, 5) is 14.8. The van der Waals surface area contributed by atoms with E-state index in [9.17, 15) is 4.79 Å². The van der Waals surface area contributed by atoms with Gasteiger partial charge >= 0.3 is 0 Å². The van der Waals surface area contributed by atoms with E-state index in [2.05, 4.69) is 44.3 Å². The first-order valence-corrected chi connectivity index (χ1v) is 9.17. The first kappa shape index (κ1) is 18.8. The first-order valence-electron chi connectivity index (χ1n) is 8.38. The maximum Gasteiger partial charge on any atom is 0.226 e. The van der Waals surface area contributed by atoms with Crippen LogP contribution in [0.2, 0.25) is 0 Å². The van der Waals surface area contributed by atoms with Gasteiger partial charge in [-0.1, -0.05) is 28.1 Å². The van der Waals surface area contributed by atoms with Gasteiger partial charge in [-0.05, 0) is 68.8 Å². The lowest BCUT2D eigenvalue weighted by Gasteiger charge is -2.32. The standard InChI is InChI=1S/C18H25BrN2O.ClH/c1-20-8-5-13-6-9-21(10-7-13)18(22)17-12-16(17)14-3-2-4-15(19)11-14;/h2-4,11,13,16-17,20H,5-10,12H2,1H3;1H. The minimum absolute atomic E-state index is 0. The summed E-state index contributed by atoms with van der Waals surface area (Å²) in [6, 6.07) is 8.40. The highest BCUT2D eigenvalue weighted by Crippen LogP contribution is 2.49. The van der Waals surface area contributed by atoms with Gasteiger partial charge in [0, 0.05) is 23.5 Å². The fourth-order valence-corrected chi connectivity index (χ4v) is 4.02. The van der Waals surface area contributed by atoms with Gasteiger partial charge in [0.15, 0.2) is 0 Å². The minimum atomic E-state index is 0. The molecule has 1 aromatic rings. The summed E-state index contributed by atoms with van der Waals surface area (Å²) in [6.07, 6.45) is 4.60. The highest BCUT2D eigenvalue weighted by molar-refractivity contribution is 9.10. The predicted molar refractivity (Wildman–Crippen MR) is 100 cm³/mol. The molecular weight excluding hydrogens is 376 g/mol. The van der Waals surface area contributed by atoms with E-state index in [1.54, 1.807) is 0 Å². The third kappa shape index (κ3) is 4.71. The number of halogens is 2. The monoisotopic (exact) mass is 400 g/mol. The second-order valence-corrected chi connectivity index (χ2v) is 7.58. The van der Waals surface area contributed by atoms with Crippen molar-refractivity contribution < 1.29 is 4.79 Å². The Kier molecular flexibility index (Phi) is 6.93. The number of nitrogens with one attached hydrogen (secondary N) is 1. The molecule has 2 fully saturated rings. The molecule has 0 radical (unpaired) electrons. The predicted octanol–water partition coefficient (Wildman–Crippen LogP) is 3.82. The van der Waals surface area contributed by atoms with Crippen LogP contribution in [0.25, 0.3) is 0 Å². The number of benzene rings is 1. The molecular formula is C18H26BrClN2O. The quantitative estimate of drug-likeness (QED) is 0.813. The van der Waals surface area contributed by atoms with Crippen LogP contribution in [-0.2, 0) is 4.79 Å². The molecule has 0 bridgehead atoms. The van der Waals surface area contributed by atoms with Gasteiger partial charge in [0.25, 0.3) is 0 Å². The Morgan fingerprint density at radius 2 is 2.09 bits per heavy atom. The van der Waals surface area contributed by atoms with E-state index in [-0.39, 0.29) is 18.3 Å². The molecule has 2 atom stereocenters. The highest BCUT2D eigenvalue weighted by Gasteiger charge is 2.46. The first-order chi connectivity index (χ1) is 10.7. The van der Waals surface area contributed by atoms with Crippen molar-refractivity contribution in [3.05, 3.63) is 34.3 Å². The molecule has 1 saturated heterocycles. The van der Waals surface area contributed by atoms with Crippen molar-refractivity contribution in [2.24, 2.45) is 11.8 Å². The number of carbonyl (C=O) groups excluding carboxylic acids is 1. The number of nitrogens with zero attached hydrogens (tertiary/aromatic N) is 1. The van der Waals surface area contributed by atoms with Crippen LogP contribution in [0.15, 0.2) is 28.7 Å². The van der Waals surface area contributed by atoms with E-state index >= 15 is 0 Å².